The SMILES string of the molecule is COc1ccc(S(=O)(=O)NC(C)CCc2ccccc2)cc1C(N)=O. The number of methoxy groups -OCH3 is 1. The average molecular weight is 362 g/mol. The summed E-state index contributed by atoms with van der Waals surface area (Å²) in [6.45, 7) is 1.80. The minimum absolute atomic E-state index is 0.0198. The molecule has 2 aromatic rings. The van der Waals surface area contributed by atoms with Crippen LogP contribution in [0.5, 0.6) is 5.75 Å². The Morgan fingerprint density at radius 2 is 1.88 bits per heavy atom. The Bertz CT molecular complexity index is 835. The van der Waals surface area contributed by atoms with Gasteiger partial charge in [-0.3, -0.25) is 4.79 Å². The molecule has 7 heteroatoms. The molecule has 0 saturated heterocycles. The number of nitrogens with one attached hydrogen (secondary N) is 1. The van der Waals surface area contributed by atoms with Gasteiger partial charge in [-0.1, -0.05) is 30.3 Å². The van der Waals surface area contributed by atoms with Gasteiger partial charge in [-0.2, -0.15) is 0 Å². The highest BCUT2D eigenvalue weighted by Crippen LogP contribution is 2.22. The molecule has 25 heavy (non-hydrogen) atoms. The van der Waals surface area contributed by atoms with Crippen molar-refractivity contribution in [2.75, 3.05) is 7.11 Å². The number of nitrogens with two attached hydrogens (primary N) is 1. The van der Waals surface area contributed by atoms with Crippen LogP contribution in [0.3, 0.4) is 0 Å². The van der Waals surface area contributed by atoms with Crippen LogP contribution >= 0.6 is 0 Å². The normalized spacial score (nSPS) is 12.6. The standard InChI is InChI=1S/C18H22N2O4S/c1-13(8-9-14-6-4-3-5-7-14)20-25(22,23)15-10-11-17(24-2)16(12-15)18(19)21/h3-7,10-13,20H,8-9H2,1-2H3,(H2,19,21). The fourth-order valence-corrected chi connectivity index (χ4v) is 3.77. The number of hydrogen-bond acceptors (Lipinski definition) is 4. The van der Waals surface area contributed by atoms with Crippen LogP contribution in [-0.4, -0.2) is 27.5 Å². The van der Waals surface area contributed by atoms with Crippen LogP contribution in [0.25, 0.3) is 0 Å². The van der Waals surface area contributed by atoms with Crippen LogP contribution in [0.1, 0.15) is 29.3 Å². The van der Waals surface area contributed by atoms with E-state index in [0.717, 1.165) is 12.0 Å². The number of benzene rings is 2. The van der Waals surface area contributed by atoms with Crippen LogP contribution in [0.4, 0.5) is 0 Å². The van der Waals surface area contributed by atoms with E-state index in [4.69, 9.17) is 10.5 Å². The molecule has 0 saturated carbocycles. The maximum atomic E-state index is 12.5. The average Bonchev–Trinajstić information content (AvgIpc) is 2.59. The van der Waals surface area contributed by atoms with Gasteiger partial charge in [0.1, 0.15) is 5.75 Å². The molecule has 6 nitrogen and oxygen atoms in total. The second kappa shape index (κ2) is 8.13. The first-order valence-corrected chi connectivity index (χ1v) is 9.36. The van der Waals surface area contributed by atoms with E-state index < -0.39 is 15.9 Å². The third kappa shape index (κ3) is 5.04. The predicted molar refractivity (Wildman–Crippen MR) is 96.1 cm³/mol. The van der Waals surface area contributed by atoms with Gasteiger partial charge in [0.15, 0.2) is 0 Å². The zero-order chi connectivity index (χ0) is 18.4. The van der Waals surface area contributed by atoms with E-state index in [1.54, 1.807) is 6.92 Å². The third-order valence-electron chi connectivity index (χ3n) is 3.81. The lowest BCUT2D eigenvalue weighted by molar-refractivity contribution is 0.0997. The van der Waals surface area contributed by atoms with Crippen molar-refractivity contribution in [1.29, 1.82) is 0 Å². The van der Waals surface area contributed by atoms with Crippen molar-refractivity contribution >= 4 is 15.9 Å². The molecule has 0 heterocycles. The summed E-state index contributed by atoms with van der Waals surface area (Å²) in [5.74, 6) is -0.505. The molecule has 2 aromatic carbocycles. The fraction of sp³-hybridized carbons (Fsp3) is 0.278. The molecule has 0 aliphatic carbocycles. The van der Waals surface area contributed by atoms with Crippen molar-refractivity contribution in [3.63, 3.8) is 0 Å². The van der Waals surface area contributed by atoms with Crippen LogP contribution in [-0.2, 0) is 16.4 Å². The summed E-state index contributed by atoms with van der Waals surface area (Å²) >= 11 is 0. The molecule has 0 aliphatic rings. The van der Waals surface area contributed by atoms with E-state index >= 15 is 0 Å². The van der Waals surface area contributed by atoms with Crippen molar-refractivity contribution < 1.29 is 17.9 Å². The molecule has 0 aliphatic heterocycles. The smallest absolute Gasteiger partial charge is 0.252 e. The Morgan fingerprint density at radius 3 is 2.48 bits per heavy atom. The number of carbonyl (C=O) groups excluding carboxylic acids is 1. The maximum Gasteiger partial charge on any atom is 0.252 e. The quantitative estimate of drug-likeness (QED) is 0.751. The second-order valence-electron chi connectivity index (χ2n) is 5.77. The van der Waals surface area contributed by atoms with E-state index in [0.29, 0.717) is 6.42 Å². The zero-order valence-electron chi connectivity index (χ0n) is 14.2. The van der Waals surface area contributed by atoms with Crippen molar-refractivity contribution in [2.45, 2.75) is 30.7 Å². The Hall–Kier alpha value is -2.38. The number of hydrogen-bond donors (Lipinski definition) is 2. The molecule has 134 valence electrons. The summed E-state index contributed by atoms with van der Waals surface area (Å²) in [5, 5.41) is 0. The van der Waals surface area contributed by atoms with Crippen molar-refractivity contribution in [1.82, 2.24) is 4.72 Å². The number of primary amides is 1. The molecule has 0 bridgehead atoms. The van der Waals surface area contributed by atoms with Crippen molar-refractivity contribution in [2.24, 2.45) is 5.73 Å². The Morgan fingerprint density at radius 1 is 1.20 bits per heavy atom. The van der Waals surface area contributed by atoms with Gasteiger partial charge in [-0.25, -0.2) is 13.1 Å². The van der Waals surface area contributed by atoms with Crippen LogP contribution in [0, 0.1) is 0 Å². The van der Waals surface area contributed by atoms with Gasteiger partial charge in [0.25, 0.3) is 5.91 Å². The highest BCUT2D eigenvalue weighted by molar-refractivity contribution is 7.89. The molecule has 1 atom stereocenters. The first kappa shape index (κ1) is 19.0. The predicted octanol–water partition coefficient (Wildman–Crippen LogP) is 2.09. The lowest BCUT2D eigenvalue weighted by Gasteiger charge is -2.15. The molecule has 0 aromatic heterocycles. The molecule has 1 amide bonds. The van der Waals surface area contributed by atoms with E-state index in [9.17, 15) is 13.2 Å². The minimum atomic E-state index is -3.76. The summed E-state index contributed by atoms with van der Waals surface area (Å²) < 4.78 is 32.7. The first-order chi connectivity index (χ1) is 11.8. The monoisotopic (exact) mass is 362 g/mol. The van der Waals surface area contributed by atoms with Gasteiger partial charge in [0.05, 0.1) is 17.6 Å². The van der Waals surface area contributed by atoms with Gasteiger partial charge in [-0.05, 0) is 43.5 Å². The highest BCUT2D eigenvalue weighted by Gasteiger charge is 2.20. The van der Waals surface area contributed by atoms with E-state index in [1.807, 2.05) is 30.3 Å². The Balaban J connectivity index is 2.10. The number of carbonyl (C=O) groups is 1. The molecular formula is C18H22N2O4S. The van der Waals surface area contributed by atoms with Crippen LogP contribution in [0.2, 0.25) is 0 Å². The topological polar surface area (TPSA) is 98.5 Å². The van der Waals surface area contributed by atoms with Crippen molar-refractivity contribution in [3.05, 3.63) is 59.7 Å². The lowest BCUT2D eigenvalue weighted by Crippen LogP contribution is -2.33. The second-order valence-corrected chi connectivity index (χ2v) is 7.49. The number of amides is 1. The van der Waals surface area contributed by atoms with Gasteiger partial charge in [0.2, 0.25) is 10.0 Å². The Labute approximate surface area is 148 Å². The maximum absolute atomic E-state index is 12.5. The molecular weight excluding hydrogens is 340 g/mol. The van der Waals surface area contributed by atoms with Crippen molar-refractivity contribution in [3.8, 4) is 5.75 Å². The molecule has 0 radical (unpaired) electrons. The number of aryl methyl sites for hydroxylation is 1. The molecule has 0 spiro atoms. The summed E-state index contributed by atoms with van der Waals surface area (Å²) in [5.41, 5.74) is 6.46. The number of rotatable bonds is 8. The number of sulfonamides is 1. The lowest BCUT2D eigenvalue weighted by atomic mass is 10.1. The molecule has 2 rings (SSSR count). The molecule has 1 unspecified atom stereocenters. The summed E-state index contributed by atoms with van der Waals surface area (Å²) in [6.07, 6.45) is 1.42. The van der Waals surface area contributed by atoms with E-state index in [-0.39, 0.29) is 22.3 Å². The summed E-state index contributed by atoms with van der Waals surface area (Å²) in [4.78, 5) is 11.4. The Kier molecular flexibility index (Phi) is 6.17. The van der Waals surface area contributed by atoms with Crippen LogP contribution < -0.4 is 15.2 Å². The third-order valence-corrected chi connectivity index (χ3v) is 5.40. The number of ether oxygens (including phenoxy) is 1. The first-order valence-electron chi connectivity index (χ1n) is 7.87. The molecule has 3 N–H and O–H groups in total. The van der Waals surface area contributed by atoms with Gasteiger partial charge < -0.3 is 10.5 Å². The van der Waals surface area contributed by atoms with Gasteiger partial charge in [0, 0.05) is 6.04 Å². The van der Waals surface area contributed by atoms with Crippen LogP contribution in [0.15, 0.2) is 53.4 Å². The summed E-state index contributed by atoms with van der Waals surface area (Å²) in [7, 11) is -2.37. The largest absolute Gasteiger partial charge is 0.496 e. The van der Waals surface area contributed by atoms with E-state index in [1.165, 1.54) is 25.3 Å². The van der Waals surface area contributed by atoms with E-state index in [2.05, 4.69) is 4.72 Å². The van der Waals surface area contributed by atoms with Gasteiger partial charge >= 0.3 is 0 Å². The highest BCUT2D eigenvalue weighted by atomic mass is 32.2. The fourth-order valence-electron chi connectivity index (χ4n) is 2.47. The summed E-state index contributed by atoms with van der Waals surface area (Å²) in [6, 6.07) is 13.6. The zero-order valence-corrected chi connectivity index (χ0v) is 15.0. The van der Waals surface area contributed by atoms with Gasteiger partial charge in [-0.15, -0.1) is 0 Å². The molecule has 0 fully saturated rings. The minimum Gasteiger partial charge on any atom is -0.496 e.